The molecule has 1 aliphatic rings. The number of benzene rings is 2. The van der Waals surface area contributed by atoms with Gasteiger partial charge in [0, 0.05) is 12.5 Å². The van der Waals surface area contributed by atoms with Crippen LogP contribution in [-0.4, -0.2) is 24.4 Å². The Morgan fingerprint density at radius 1 is 1.32 bits per heavy atom. The van der Waals surface area contributed by atoms with Gasteiger partial charge >= 0.3 is 11.9 Å². The molecule has 0 bridgehead atoms. The standard InChI is InChI=1S/C20H15ClFNO5/c1-3-26-17-9-12(7-15(21)18(17)27-11(2)24)8-16-20(25)28-19(23-16)13-5-4-6-14(22)10-13/h4-10H,3H2,1-2H3. The topological polar surface area (TPSA) is 74.2 Å². The van der Waals surface area contributed by atoms with Gasteiger partial charge in [-0.05, 0) is 48.9 Å². The Labute approximate surface area is 165 Å². The number of halogens is 2. The molecule has 0 saturated heterocycles. The van der Waals surface area contributed by atoms with Gasteiger partial charge in [-0.15, -0.1) is 0 Å². The van der Waals surface area contributed by atoms with Crippen LogP contribution in [0, 0.1) is 5.82 Å². The molecule has 0 atom stereocenters. The van der Waals surface area contributed by atoms with Crippen molar-refractivity contribution in [1.29, 1.82) is 0 Å². The quantitative estimate of drug-likeness (QED) is 0.426. The van der Waals surface area contributed by atoms with Gasteiger partial charge in [0.2, 0.25) is 5.90 Å². The van der Waals surface area contributed by atoms with Crippen molar-refractivity contribution in [2.75, 3.05) is 6.61 Å². The van der Waals surface area contributed by atoms with Gasteiger partial charge in [0.25, 0.3) is 0 Å². The first-order valence-corrected chi connectivity index (χ1v) is 8.68. The molecule has 1 heterocycles. The summed E-state index contributed by atoms with van der Waals surface area (Å²) in [6, 6.07) is 8.62. The molecule has 0 radical (unpaired) electrons. The lowest BCUT2D eigenvalue weighted by atomic mass is 10.1. The largest absolute Gasteiger partial charge is 0.490 e. The molecule has 144 valence electrons. The number of esters is 2. The summed E-state index contributed by atoms with van der Waals surface area (Å²) in [6.07, 6.45) is 1.45. The average molecular weight is 404 g/mol. The highest BCUT2D eigenvalue weighted by Gasteiger charge is 2.25. The number of hydrogen-bond acceptors (Lipinski definition) is 6. The van der Waals surface area contributed by atoms with Crippen molar-refractivity contribution in [3.63, 3.8) is 0 Å². The molecule has 0 amide bonds. The lowest BCUT2D eigenvalue weighted by molar-refractivity contribution is -0.132. The van der Waals surface area contributed by atoms with Crippen molar-refractivity contribution >= 4 is 35.5 Å². The zero-order valence-corrected chi connectivity index (χ0v) is 15.7. The maximum absolute atomic E-state index is 13.4. The number of carbonyl (C=O) groups is 2. The highest BCUT2D eigenvalue weighted by molar-refractivity contribution is 6.32. The maximum atomic E-state index is 13.4. The van der Waals surface area contributed by atoms with Crippen molar-refractivity contribution in [3.8, 4) is 11.5 Å². The Morgan fingerprint density at radius 2 is 2.11 bits per heavy atom. The molecular formula is C20H15ClFNO5. The molecule has 2 aromatic carbocycles. The molecule has 0 N–H and O–H groups in total. The van der Waals surface area contributed by atoms with Gasteiger partial charge in [0.1, 0.15) is 5.82 Å². The van der Waals surface area contributed by atoms with E-state index in [-0.39, 0.29) is 28.1 Å². The third-order valence-corrected chi connectivity index (χ3v) is 3.85. The van der Waals surface area contributed by atoms with Gasteiger partial charge in [-0.3, -0.25) is 4.79 Å². The van der Waals surface area contributed by atoms with E-state index < -0.39 is 17.8 Å². The fourth-order valence-corrected chi connectivity index (χ4v) is 2.75. The summed E-state index contributed by atoms with van der Waals surface area (Å²) in [5.41, 5.74) is 0.841. The first-order chi connectivity index (χ1) is 13.4. The van der Waals surface area contributed by atoms with Gasteiger partial charge in [0.05, 0.1) is 11.6 Å². The van der Waals surface area contributed by atoms with Crippen molar-refractivity contribution < 1.29 is 28.2 Å². The Bertz CT molecular complexity index is 1020. The summed E-state index contributed by atoms with van der Waals surface area (Å²) in [6.45, 7) is 3.33. The molecule has 0 aliphatic carbocycles. The van der Waals surface area contributed by atoms with Crippen LogP contribution in [0.25, 0.3) is 6.08 Å². The summed E-state index contributed by atoms with van der Waals surface area (Å²) >= 11 is 6.20. The van der Waals surface area contributed by atoms with E-state index in [0.717, 1.165) is 0 Å². The lowest BCUT2D eigenvalue weighted by Crippen LogP contribution is -2.06. The van der Waals surface area contributed by atoms with Crippen LogP contribution in [0.3, 0.4) is 0 Å². The van der Waals surface area contributed by atoms with Crippen molar-refractivity contribution in [2.24, 2.45) is 4.99 Å². The van der Waals surface area contributed by atoms with E-state index in [2.05, 4.69) is 4.99 Å². The highest BCUT2D eigenvalue weighted by atomic mass is 35.5. The summed E-state index contributed by atoms with van der Waals surface area (Å²) < 4.78 is 29.1. The van der Waals surface area contributed by atoms with Crippen LogP contribution in [0.1, 0.15) is 25.0 Å². The Kier molecular flexibility index (Phi) is 5.75. The molecule has 8 heteroatoms. The zero-order valence-electron chi connectivity index (χ0n) is 15.0. The van der Waals surface area contributed by atoms with E-state index in [4.69, 9.17) is 25.8 Å². The summed E-state index contributed by atoms with van der Waals surface area (Å²) in [5, 5.41) is 0.133. The Balaban J connectivity index is 1.98. The number of nitrogens with zero attached hydrogens (tertiary/aromatic N) is 1. The number of hydrogen-bond donors (Lipinski definition) is 0. The summed E-state index contributed by atoms with van der Waals surface area (Å²) in [5.74, 6) is -1.35. The van der Waals surface area contributed by atoms with E-state index in [1.54, 1.807) is 19.1 Å². The Hall–Kier alpha value is -3.19. The normalized spacial score (nSPS) is 14.6. The molecule has 0 spiro atoms. The fraction of sp³-hybridized carbons (Fsp3) is 0.150. The third kappa shape index (κ3) is 4.37. The van der Waals surface area contributed by atoms with Crippen LogP contribution in [0.2, 0.25) is 5.02 Å². The number of carbonyl (C=O) groups excluding carboxylic acids is 2. The average Bonchev–Trinajstić information content (AvgIpc) is 2.99. The van der Waals surface area contributed by atoms with Crippen LogP contribution >= 0.6 is 11.6 Å². The van der Waals surface area contributed by atoms with Crippen molar-refractivity contribution in [3.05, 3.63) is 64.1 Å². The number of cyclic esters (lactones) is 1. The van der Waals surface area contributed by atoms with Crippen LogP contribution < -0.4 is 9.47 Å². The zero-order chi connectivity index (χ0) is 20.3. The van der Waals surface area contributed by atoms with E-state index >= 15 is 0 Å². The van der Waals surface area contributed by atoms with Crippen LogP contribution in [0.5, 0.6) is 11.5 Å². The molecule has 0 aromatic heterocycles. The van der Waals surface area contributed by atoms with Crippen LogP contribution in [0.15, 0.2) is 47.1 Å². The first kappa shape index (κ1) is 19.6. The minimum Gasteiger partial charge on any atom is -0.490 e. The number of rotatable bonds is 5. The predicted molar refractivity (Wildman–Crippen MR) is 101 cm³/mol. The molecule has 3 rings (SSSR count). The molecule has 1 aliphatic heterocycles. The molecule has 2 aromatic rings. The highest BCUT2D eigenvalue weighted by Crippen LogP contribution is 2.37. The van der Waals surface area contributed by atoms with Gasteiger partial charge in [-0.1, -0.05) is 17.7 Å². The predicted octanol–water partition coefficient (Wildman–Crippen LogP) is 4.15. The SMILES string of the molecule is CCOc1cc(C=C2N=C(c3cccc(F)c3)OC2=O)cc(Cl)c1OC(C)=O. The maximum Gasteiger partial charge on any atom is 0.363 e. The molecule has 0 fully saturated rings. The molecule has 0 saturated carbocycles. The van der Waals surface area contributed by atoms with Gasteiger partial charge in [0.15, 0.2) is 17.2 Å². The molecule has 6 nitrogen and oxygen atoms in total. The van der Waals surface area contributed by atoms with Crippen LogP contribution in [-0.2, 0) is 14.3 Å². The van der Waals surface area contributed by atoms with Crippen molar-refractivity contribution in [2.45, 2.75) is 13.8 Å². The number of ether oxygens (including phenoxy) is 3. The second-order valence-electron chi connectivity index (χ2n) is 5.70. The lowest BCUT2D eigenvalue weighted by Gasteiger charge is -2.12. The third-order valence-electron chi connectivity index (χ3n) is 3.57. The smallest absolute Gasteiger partial charge is 0.363 e. The number of aliphatic imine (C=N–C) groups is 1. The van der Waals surface area contributed by atoms with Gasteiger partial charge in [-0.25, -0.2) is 14.2 Å². The molecular weight excluding hydrogens is 389 g/mol. The minimum atomic E-state index is -0.683. The Morgan fingerprint density at radius 3 is 2.79 bits per heavy atom. The van der Waals surface area contributed by atoms with Crippen molar-refractivity contribution in [1.82, 2.24) is 0 Å². The molecule has 0 unspecified atom stereocenters. The fourth-order valence-electron chi connectivity index (χ4n) is 2.49. The van der Waals surface area contributed by atoms with Gasteiger partial charge in [-0.2, -0.15) is 0 Å². The minimum absolute atomic E-state index is 0.00316. The molecule has 28 heavy (non-hydrogen) atoms. The van der Waals surface area contributed by atoms with E-state index in [9.17, 15) is 14.0 Å². The summed E-state index contributed by atoms with van der Waals surface area (Å²) in [7, 11) is 0. The first-order valence-electron chi connectivity index (χ1n) is 8.30. The second-order valence-corrected chi connectivity index (χ2v) is 6.11. The van der Waals surface area contributed by atoms with E-state index in [1.807, 2.05) is 0 Å². The monoisotopic (exact) mass is 403 g/mol. The summed E-state index contributed by atoms with van der Waals surface area (Å²) in [4.78, 5) is 27.5. The van der Waals surface area contributed by atoms with Gasteiger partial charge < -0.3 is 14.2 Å². The van der Waals surface area contributed by atoms with E-state index in [0.29, 0.717) is 17.7 Å². The second kappa shape index (κ2) is 8.22. The van der Waals surface area contributed by atoms with Crippen LogP contribution in [0.4, 0.5) is 4.39 Å². The van der Waals surface area contributed by atoms with E-state index in [1.165, 1.54) is 37.3 Å².